The molecule has 6 heteroatoms. The van der Waals surface area contributed by atoms with Gasteiger partial charge >= 0.3 is 0 Å². The van der Waals surface area contributed by atoms with E-state index < -0.39 is 10.1 Å². The van der Waals surface area contributed by atoms with Crippen LogP contribution in [0.25, 0.3) is 0 Å². The lowest BCUT2D eigenvalue weighted by atomic mass is 9.56. The normalized spacial score (nSPS) is 14.8. The molecule has 1 unspecified atom stereocenters. The van der Waals surface area contributed by atoms with Crippen LogP contribution in [-0.4, -0.2) is 25.2 Å². The van der Waals surface area contributed by atoms with E-state index in [0.717, 1.165) is 12.8 Å². The van der Waals surface area contributed by atoms with Crippen molar-refractivity contribution in [2.24, 2.45) is 22.2 Å². The molecule has 0 aromatic heterocycles. The lowest BCUT2D eigenvalue weighted by molar-refractivity contribution is 0.0751. The van der Waals surface area contributed by atoms with Crippen molar-refractivity contribution in [1.82, 2.24) is 0 Å². The molecular formula is C25H44O5S. The maximum absolute atomic E-state index is 12.7. The third-order valence-electron chi connectivity index (χ3n) is 6.20. The molecule has 0 radical (unpaired) electrons. The fourth-order valence-electron chi connectivity index (χ4n) is 6.20. The van der Waals surface area contributed by atoms with Gasteiger partial charge in [0.05, 0.1) is 7.11 Å². The first kappa shape index (κ1) is 27.8. The van der Waals surface area contributed by atoms with Gasteiger partial charge in [0, 0.05) is 5.56 Å². The highest BCUT2D eigenvalue weighted by atomic mass is 32.2. The Kier molecular flexibility index (Phi) is 8.00. The number of benzene rings is 1. The Morgan fingerprint density at radius 2 is 1.42 bits per heavy atom. The van der Waals surface area contributed by atoms with E-state index in [1.165, 1.54) is 7.11 Å². The van der Waals surface area contributed by atoms with Crippen LogP contribution in [0.4, 0.5) is 0 Å². The molecular weight excluding hydrogens is 412 g/mol. The first-order chi connectivity index (χ1) is 13.7. The molecule has 0 bridgehead atoms. The van der Waals surface area contributed by atoms with Crippen LogP contribution in [0.3, 0.4) is 0 Å². The number of methoxy groups -OCH3 is 1. The van der Waals surface area contributed by atoms with Gasteiger partial charge in [-0.1, -0.05) is 62.3 Å². The standard InChI is InChI=1S/C25H44O5S/c1-15(2)13-24(8,9)22(25(10,11)14-23(5,6)7)18-19(26)16(3)17(4)20(30-12)21(18)31(27,28)29/h15,22,26H,13-14H2,1-12H3,(H,27,28,29). The van der Waals surface area contributed by atoms with E-state index in [2.05, 4.69) is 62.3 Å². The average Bonchev–Trinajstić information content (AvgIpc) is 2.49. The summed E-state index contributed by atoms with van der Waals surface area (Å²) in [7, 11) is -3.27. The molecule has 0 aliphatic rings. The van der Waals surface area contributed by atoms with E-state index in [0.29, 0.717) is 17.0 Å². The number of ether oxygens (including phenoxy) is 1. The summed E-state index contributed by atoms with van der Waals surface area (Å²) < 4.78 is 41.1. The summed E-state index contributed by atoms with van der Waals surface area (Å²) in [5.41, 5.74) is 0.559. The van der Waals surface area contributed by atoms with E-state index in [1.807, 2.05) is 0 Å². The molecule has 180 valence electrons. The van der Waals surface area contributed by atoms with Gasteiger partial charge in [0.25, 0.3) is 10.1 Å². The van der Waals surface area contributed by atoms with Crippen molar-refractivity contribution >= 4 is 10.1 Å². The van der Waals surface area contributed by atoms with Crippen molar-refractivity contribution in [3.05, 3.63) is 16.7 Å². The number of hydrogen-bond acceptors (Lipinski definition) is 4. The summed E-state index contributed by atoms with van der Waals surface area (Å²) >= 11 is 0. The van der Waals surface area contributed by atoms with Gasteiger partial charge in [0.15, 0.2) is 0 Å². The number of phenolic OH excluding ortho intramolecular Hbond substituents is 1. The highest BCUT2D eigenvalue weighted by molar-refractivity contribution is 7.86. The smallest absolute Gasteiger partial charge is 0.298 e. The van der Waals surface area contributed by atoms with Crippen LogP contribution in [0.2, 0.25) is 0 Å². The first-order valence-corrected chi connectivity index (χ1v) is 12.5. The quantitative estimate of drug-likeness (QED) is 0.416. The number of aromatic hydroxyl groups is 1. The lowest BCUT2D eigenvalue weighted by Gasteiger charge is -2.49. The largest absolute Gasteiger partial charge is 0.507 e. The molecule has 0 amide bonds. The summed E-state index contributed by atoms with van der Waals surface area (Å²) in [6, 6.07) is 0. The summed E-state index contributed by atoms with van der Waals surface area (Å²) in [4.78, 5) is -0.306. The molecule has 1 aromatic rings. The second-order valence-electron chi connectivity index (χ2n) is 12.1. The molecule has 0 spiro atoms. The Hall–Kier alpha value is -1.27. The topological polar surface area (TPSA) is 83.8 Å². The minimum atomic E-state index is -4.66. The van der Waals surface area contributed by atoms with Crippen LogP contribution < -0.4 is 4.74 Å². The Bertz CT molecular complexity index is 903. The molecule has 1 rings (SSSR count). The molecule has 0 saturated carbocycles. The Morgan fingerprint density at radius 3 is 1.77 bits per heavy atom. The SMILES string of the molecule is COc1c(C)c(C)c(O)c(C(C(C)(C)CC(C)C)C(C)(C)CC(C)(C)C)c1S(=O)(=O)O. The Labute approximate surface area is 190 Å². The minimum Gasteiger partial charge on any atom is -0.507 e. The maximum atomic E-state index is 12.7. The summed E-state index contributed by atoms with van der Waals surface area (Å²) in [5, 5.41) is 11.3. The molecule has 0 saturated heterocycles. The maximum Gasteiger partial charge on any atom is 0.298 e. The van der Waals surface area contributed by atoms with E-state index in [9.17, 15) is 18.1 Å². The number of phenols is 1. The highest BCUT2D eigenvalue weighted by Crippen LogP contribution is 2.59. The van der Waals surface area contributed by atoms with Crippen molar-refractivity contribution < 1.29 is 22.8 Å². The number of hydrogen-bond donors (Lipinski definition) is 2. The van der Waals surface area contributed by atoms with Crippen LogP contribution in [0.1, 0.15) is 97.8 Å². The van der Waals surface area contributed by atoms with Crippen molar-refractivity contribution in [3.8, 4) is 11.5 Å². The minimum absolute atomic E-state index is 0.0205. The molecule has 2 N–H and O–H groups in total. The van der Waals surface area contributed by atoms with Crippen molar-refractivity contribution in [2.45, 2.75) is 99.8 Å². The zero-order chi connectivity index (χ0) is 24.7. The van der Waals surface area contributed by atoms with E-state index in [4.69, 9.17) is 4.74 Å². The third kappa shape index (κ3) is 6.16. The lowest BCUT2D eigenvalue weighted by Crippen LogP contribution is -2.38. The van der Waals surface area contributed by atoms with Gasteiger partial charge in [-0.2, -0.15) is 8.42 Å². The van der Waals surface area contributed by atoms with Gasteiger partial charge in [-0.25, -0.2) is 0 Å². The molecule has 0 aliphatic carbocycles. The van der Waals surface area contributed by atoms with Crippen molar-refractivity contribution in [2.75, 3.05) is 7.11 Å². The molecule has 0 fully saturated rings. The van der Waals surface area contributed by atoms with Crippen LogP contribution in [0, 0.1) is 36.0 Å². The fraction of sp³-hybridized carbons (Fsp3) is 0.760. The fourth-order valence-corrected chi connectivity index (χ4v) is 7.16. The predicted octanol–water partition coefficient (Wildman–Crippen LogP) is 6.88. The van der Waals surface area contributed by atoms with Gasteiger partial charge in [0.2, 0.25) is 0 Å². The molecule has 5 nitrogen and oxygen atoms in total. The Morgan fingerprint density at radius 1 is 0.935 bits per heavy atom. The zero-order valence-corrected chi connectivity index (χ0v) is 22.4. The first-order valence-electron chi connectivity index (χ1n) is 11.0. The van der Waals surface area contributed by atoms with Gasteiger partial charge in [-0.05, 0) is 65.9 Å². The number of rotatable bonds is 8. The summed E-state index contributed by atoms with van der Waals surface area (Å²) in [6.07, 6.45) is 1.62. The van der Waals surface area contributed by atoms with E-state index in [1.54, 1.807) is 13.8 Å². The van der Waals surface area contributed by atoms with Crippen LogP contribution >= 0.6 is 0 Å². The second-order valence-corrected chi connectivity index (χ2v) is 13.5. The summed E-state index contributed by atoms with van der Waals surface area (Å²) in [5.74, 6) is 0.0406. The monoisotopic (exact) mass is 456 g/mol. The van der Waals surface area contributed by atoms with E-state index in [-0.39, 0.29) is 44.1 Å². The molecule has 1 atom stereocenters. The predicted molar refractivity (Wildman–Crippen MR) is 128 cm³/mol. The average molecular weight is 457 g/mol. The summed E-state index contributed by atoms with van der Waals surface area (Å²) in [6.45, 7) is 22.7. The van der Waals surface area contributed by atoms with Gasteiger partial charge < -0.3 is 9.84 Å². The van der Waals surface area contributed by atoms with E-state index >= 15 is 0 Å². The molecule has 0 heterocycles. The van der Waals surface area contributed by atoms with Crippen molar-refractivity contribution in [1.29, 1.82) is 0 Å². The molecule has 0 aliphatic heterocycles. The van der Waals surface area contributed by atoms with Gasteiger partial charge in [-0.3, -0.25) is 4.55 Å². The highest BCUT2D eigenvalue weighted by Gasteiger charge is 2.48. The zero-order valence-electron chi connectivity index (χ0n) is 21.6. The molecule has 1 aromatic carbocycles. The third-order valence-corrected chi connectivity index (χ3v) is 7.12. The second kappa shape index (κ2) is 8.93. The van der Waals surface area contributed by atoms with Crippen molar-refractivity contribution in [3.63, 3.8) is 0 Å². The van der Waals surface area contributed by atoms with Crippen LogP contribution in [-0.2, 0) is 10.1 Å². The van der Waals surface area contributed by atoms with Crippen LogP contribution in [0.15, 0.2) is 4.90 Å². The molecule has 31 heavy (non-hydrogen) atoms. The Balaban J connectivity index is 4.21. The van der Waals surface area contributed by atoms with Gasteiger partial charge in [0.1, 0.15) is 16.4 Å². The van der Waals surface area contributed by atoms with Crippen LogP contribution in [0.5, 0.6) is 11.5 Å². The van der Waals surface area contributed by atoms with Gasteiger partial charge in [-0.15, -0.1) is 0 Å².